The van der Waals surface area contributed by atoms with E-state index in [1.165, 1.54) is 30.5 Å². The molecule has 1 aromatic rings. The van der Waals surface area contributed by atoms with E-state index in [0.29, 0.717) is 6.54 Å². The van der Waals surface area contributed by atoms with Crippen LogP contribution in [0.4, 0.5) is 5.69 Å². The number of rotatable bonds is 4. The van der Waals surface area contributed by atoms with Crippen molar-refractivity contribution in [3.05, 3.63) is 28.8 Å². The van der Waals surface area contributed by atoms with E-state index >= 15 is 0 Å². The topological polar surface area (TPSA) is 29.3 Å². The summed E-state index contributed by atoms with van der Waals surface area (Å²) in [4.78, 5) is 2.44. The van der Waals surface area contributed by atoms with Crippen molar-refractivity contribution in [2.75, 3.05) is 18.0 Å². The number of hydrogen-bond donors (Lipinski definition) is 1. The number of hydrogen-bond acceptors (Lipinski definition) is 2. The third-order valence-electron chi connectivity index (χ3n) is 3.59. The lowest BCUT2D eigenvalue weighted by Gasteiger charge is -2.22. The molecule has 1 unspecified atom stereocenters. The molecular formula is C14H21ClN2. The molecule has 2 nitrogen and oxygen atoms in total. The van der Waals surface area contributed by atoms with Gasteiger partial charge in [-0.3, -0.25) is 0 Å². The van der Waals surface area contributed by atoms with Crippen molar-refractivity contribution in [1.82, 2.24) is 0 Å². The molecule has 17 heavy (non-hydrogen) atoms. The van der Waals surface area contributed by atoms with Crippen LogP contribution in [0.3, 0.4) is 0 Å². The summed E-state index contributed by atoms with van der Waals surface area (Å²) in [5.74, 6) is 0.838. The number of nitrogens with two attached hydrogens (primary N) is 1. The summed E-state index contributed by atoms with van der Waals surface area (Å²) < 4.78 is 0. The van der Waals surface area contributed by atoms with E-state index < -0.39 is 0 Å². The zero-order chi connectivity index (χ0) is 12.3. The Hall–Kier alpha value is -0.730. The van der Waals surface area contributed by atoms with Gasteiger partial charge in [-0.25, -0.2) is 0 Å². The van der Waals surface area contributed by atoms with Gasteiger partial charge in [-0.2, -0.15) is 0 Å². The second-order valence-corrected chi connectivity index (χ2v) is 5.30. The quantitative estimate of drug-likeness (QED) is 0.890. The van der Waals surface area contributed by atoms with Crippen LogP contribution in [0.25, 0.3) is 0 Å². The van der Waals surface area contributed by atoms with Crippen LogP contribution in [0.2, 0.25) is 5.02 Å². The second-order valence-electron chi connectivity index (χ2n) is 4.87. The predicted octanol–water partition coefficient (Wildman–Crippen LogP) is 3.43. The molecule has 1 heterocycles. The molecule has 2 rings (SSSR count). The standard InChI is InChI=1S/C14H21ClN2/c1-2-3-11-6-7-17(10-11)14-8-13(15)5-4-12(14)9-16/h4-5,8,11H,2-3,6-7,9-10,16H2,1H3. The van der Waals surface area contributed by atoms with Gasteiger partial charge in [0.25, 0.3) is 0 Å². The fourth-order valence-electron chi connectivity index (χ4n) is 2.70. The van der Waals surface area contributed by atoms with Gasteiger partial charge in [-0.05, 0) is 36.5 Å². The Kier molecular flexibility index (Phi) is 4.30. The summed E-state index contributed by atoms with van der Waals surface area (Å²) in [6, 6.07) is 6.02. The van der Waals surface area contributed by atoms with Crippen LogP contribution in [0, 0.1) is 5.92 Å². The highest BCUT2D eigenvalue weighted by Gasteiger charge is 2.23. The van der Waals surface area contributed by atoms with Crippen molar-refractivity contribution in [3.8, 4) is 0 Å². The van der Waals surface area contributed by atoms with Crippen molar-refractivity contribution in [2.45, 2.75) is 32.7 Å². The van der Waals surface area contributed by atoms with Gasteiger partial charge in [0.2, 0.25) is 0 Å². The zero-order valence-electron chi connectivity index (χ0n) is 10.5. The first-order chi connectivity index (χ1) is 8.24. The van der Waals surface area contributed by atoms with Gasteiger partial charge in [0.05, 0.1) is 0 Å². The molecule has 0 radical (unpaired) electrons. The van der Waals surface area contributed by atoms with Crippen molar-refractivity contribution >= 4 is 17.3 Å². The first-order valence-electron chi connectivity index (χ1n) is 6.48. The second kappa shape index (κ2) is 5.74. The third-order valence-corrected chi connectivity index (χ3v) is 3.83. The third kappa shape index (κ3) is 2.93. The van der Waals surface area contributed by atoms with E-state index in [9.17, 15) is 0 Å². The number of halogens is 1. The monoisotopic (exact) mass is 252 g/mol. The van der Waals surface area contributed by atoms with Crippen LogP contribution in [0.1, 0.15) is 31.7 Å². The molecule has 3 heteroatoms. The molecule has 1 saturated heterocycles. The minimum Gasteiger partial charge on any atom is -0.371 e. The highest BCUT2D eigenvalue weighted by atomic mass is 35.5. The fraction of sp³-hybridized carbons (Fsp3) is 0.571. The molecule has 0 spiro atoms. The van der Waals surface area contributed by atoms with Crippen LogP contribution >= 0.6 is 11.6 Å². The minimum atomic E-state index is 0.585. The van der Waals surface area contributed by atoms with E-state index in [-0.39, 0.29) is 0 Å². The average molecular weight is 253 g/mol. The average Bonchev–Trinajstić information content (AvgIpc) is 2.78. The molecule has 1 aliphatic heterocycles. The zero-order valence-corrected chi connectivity index (χ0v) is 11.2. The molecule has 1 aromatic carbocycles. The molecular weight excluding hydrogens is 232 g/mol. The summed E-state index contributed by atoms with van der Waals surface area (Å²) in [5.41, 5.74) is 8.23. The Bertz CT molecular complexity index is 378. The first-order valence-corrected chi connectivity index (χ1v) is 6.85. The normalized spacial score (nSPS) is 19.9. The van der Waals surface area contributed by atoms with Crippen molar-refractivity contribution in [3.63, 3.8) is 0 Å². The molecule has 1 aliphatic rings. The van der Waals surface area contributed by atoms with E-state index in [4.69, 9.17) is 17.3 Å². The first kappa shape index (κ1) is 12.7. The molecule has 94 valence electrons. The molecule has 0 bridgehead atoms. The van der Waals surface area contributed by atoms with Crippen molar-refractivity contribution in [1.29, 1.82) is 0 Å². The summed E-state index contributed by atoms with van der Waals surface area (Å²) in [7, 11) is 0. The van der Waals surface area contributed by atoms with Crippen LogP contribution in [0.15, 0.2) is 18.2 Å². The van der Waals surface area contributed by atoms with Gasteiger partial charge in [0.15, 0.2) is 0 Å². The Labute approximate surface area is 109 Å². The Morgan fingerprint density at radius 3 is 3.00 bits per heavy atom. The molecule has 0 saturated carbocycles. The highest BCUT2D eigenvalue weighted by molar-refractivity contribution is 6.30. The van der Waals surface area contributed by atoms with Crippen LogP contribution in [-0.4, -0.2) is 13.1 Å². The van der Waals surface area contributed by atoms with Crippen LogP contribution < -0.4 is 10.6 Å². The highest BCUT2D eigenvalue weighted by Crippen LogP contribution is 2.30. The van der Waals surface area contributed by atoms with Crippen molar-refractivity contribution in [2.24, 2.45) is 11.7 Å². The molecule has 0 aromatic heterocycles. The maximum atomic E-state index is 6.08. The maximum absolute atomic E-state index is 6.08. The van der Waals surface area contributed by atoms with Gasteiger partial charge in [-0.1, -0.05) is 31.0 Å². The lowest BCUT2D eigenvalue weighted by molar-refractivity contribution is 0.529. The molecule has 1 fully saturated rings. The minimum absolute atomic E-state index is 0.585. The summed E-state index contributed by atoms with van der Waals surface area (Å²) in [6.45, 7) is 5.13. The van der Waals surface area contributed by atoms with E-state index in [2.05, 4.69) is 17.9 Å². The van der Waals surface area contributed by atoms with Gasteiger partial charge < -0.3 is 10.6 Å². The molecule has 0 aliphatic carbocycles. The van der Waals surface area contributed by atoms with Gasteiger partial charge in [-0.15, -0.1) is 0 Å². The van der Waals surface area contributed by atoms with Crippen LogP contribution in [-0.2, 0) is 6.54 Å². The Morgan fingerprint density at radius 2 is 2.29 bits per heavy atom. The summed E-state index contributed by atoms with van der Waals surface area (Å²) >= 11 is 6.08. The predicted molar refractivity (Wildman–Crippen MR) is 74.6 cm³/mol. The number of benzene rings is 1. The Morgan fingerprint density at radius 1 is 1.47 bits per heavy atom. The van der Waals surface area contributed by atoms with Crippen LogP contribution in [0.5, 0.6) is 0 Å². The van der Waals surface area contributed by atoms with Crippen molar-refractivity contribution < 1.29 is 0 Å². The van der Waals surface area contributed by atoms with E-state index in [1.54, 1.807) is 0 Å². The summed E-state index contributed by atoms with van der Waals surface area (Å²) in [6.07, 6.45) is 3.90. The fourth-order valence-corrected chi connectivity index (χ4v) is 2.87. The van der Waals surface area contributed by atoms with Gasteiger partial charge in [0, 0.05) is 30.3 Å². The van der Waals surface area contributed by atoms with Gasteiger partial charge >= 0.3 is 0 Å². The number of nitrogens with zero attached hydrogens (tertiary/aromatic N) is 1. The molecule has 1 atom stereocenters. The summed E-state index contributed by atoms with van der Waals surface area (Å²) in [5, 5.41) is 0.802. The van der Waals surface area contributed by atoms with Gasteiger partial charge in [0.1, 0.15) is 0 Å². The lowest BCUT2D eigenvalue weighted by atomic mass is 10.0. The maximum Gasteiger partial charge on any atom is 0.0426 e. The number of anilines is 1. The van der Waals surface area contributed by atoms with E-state index in [1.807, 2.05) is 12.1 Å². The van der Waals surface area contributed by atoms with E-state index in [0.717, 1.165) is 24.0 Å². The lowest BCUT2D eigenvalue weighted by Crippen LogP contribution is -2.21. The smallest absolute Gasteiger partial charge is 0.0426 e. The molecule has 2 N–H and O–H groups in total. The SMILES string of the molecule is CCCC1CCN(c2cc(Cl)ccc2CN)C1. The largest absolute Gasteiger partial charge is 0.371 e. The Balaban J connectivity index is 2.14. The molecule has 0 amide bonds.